The van der Waals surface area contributed by atoms with E-state index in [1.807, 2.05) is 0 Å². The fraction of sp³-hybridized carbons (Fsp3) is 0.667. The molecule has 0 saturated carbocycles. The molecule has 0 N–H and O–H groups in total. The van der Waals surface area contributed by atoms with Gasteiger partial charge in [0.1, 0.15) is 6.10 Å². The highest BCUT2D eigenvalue weighted by atomic mass is 16.5. The van der Waals surface area contributed by atoms with Crippen molar-refractivity contribution in [1.29, 1.82) is 0 Å². The summed E-state index contributed by atoms with van der Waals surface area (Å²) in [6, 6.07) is 0. The zero-order valence-corrected chi connectivity index (χ0v) is 13.9. The Labute approximate surface area is 134 Å². The maximum atomic E-state index is 11.2. The van der Waals surface area contributed by atoms with Gasteiger partial charge in [-0.05, 0) is 25.7 Å². The zero-order valence-electron chi connectivity index (χ0n) is 13.9. The summed E-state index contributed by atoms with van der Waals surface area (Å²) in [5.41, 5.74) is 0. The molecule has 0 aliphatic rings. The second-order valence-corrected chi connectivity index (χ2v) is 5.33. The van der Waals surface area contributed by atoms with Gasteiger partial charge < -0.3 is 9.47 Å². The largest absolute Gasteiger partial charge is 0.463 e. The van der Waals surface area contributed by atoms with Gasteiger partial charge in [-0.1, -0.05) is 52.2 Å². The van der Waals surface area contributed by atoms with Gasteiger partial charge in [0, 0.05) is 12.2 Å². The average molecular weight is 310 g/mol. The topological polar surface area (TPSA) is 52.6 Å². The molecule has 0 aliphatic carbocycles. The Morgan fingerprint density at radius 1 is 0.909 bits per heavy atom. The molecule has 126 valence electrons. The van der Waals surface area contributed by atoms with E-state index < -0.39 is 0 Å². The van der Waals surface area contributed by atoms with Crippen molar-refractivity contribution in [2.75, 3.05) is 6.61 Å². The minimum absolute atomic E-state index is 0.0221. The summed E-state index contributed by atoms with van der Waals surface area (Å²) in [7, 11) is 0. The van der Waals surface area contributed by atoms with Gasteiger partial charge in [0.05, 0.1) is 6.61 Å². The number of esters is 2. The minimum Gasteiger partial charge on any atom is -0.463 e. The molecule has 0 bridgehead atoms. The van der Waals surface area contributed by atoms with Crippen molar-refractivity contribution >= 4 is 11.9 Å². The van der Waals surface area contributed by atoms with Crippen LogP contribution >= 0.6 is 0 Å². The van der Waals surface area contributed by atoms with Gasteiger partial charge in [0.25, 0.3) is 0 Å². The van der Waals surface area contributed by atoms with Gasteiger partial charge in [-0.25, -0.2) is 9.59 Å². The Kier molecular flexibility index (Phi) is 13.3. The van der Waals surface area contributed by atoms with Crippen LogP contribution in [0, 0.1) is 0 Å². The highest BCUT2D eigenvalue weighted by Gasteiger charge is 2.11. The Morgan fingerprint density at radius 2 is 1.50 bits per heavy atom. The van der Waals surface area contributed by atoms with Crippen LogP contribution < -0.4 is 0 Å². The average Bonchev–Trinajstić information content (AvgIpc) is 2.52. The van der Waals surface area contributed by atoms with E-state index in [2.05, 4.69) is 20.1 Å². The molecular formula is C18H30O4. The van der Waals surface area contributed by atoms with Gasteiger partial charge in [-0.2, -0.15) is 0 Å². The van der Waals surface area contributed by atoms with Crippen LogP contribution in [0.2, 0.25) is 0 Å². The Morgan fingerprint density at radius 3 is 2.09 bits per heavy atom. The normalized spacial score (nSPS) is 11.5. The maximum Gasteiger partial charge on any atom is 0.330 e. The molecule has 0 fully saturated rings. The quantitative estimate of drug-likeness (QED) is 0.272. The van der Waals surface area contributed by atoms with Crippen molar-refractivity contribution in [2.24, 2.45) is 0 Å². The van der Waals surface area contributed by atoms with E-state index in [0.717, 1.165) is 57.8 Å². The maximum absolute atomic E-state index is 11.2. The van der Waals surface area contributed by atoms with Crippen molar-refractivity contribution < 1.29 is 19.1 Å². The molecule has 0 spiro atoms. The van der Waals surface area contributed by atoms with Crippen LogP contribution in [0.5, 0.6) is 0 Å². The van der Waals surface area contributed by atoms with Crippen LogP contribution in [0.3, 0.4) is 0 Å². The molecule has 1 unspecified atom stereocenters. The van der Waals surface area contributed by atoms with Crippen molar-refractivity contribution in [3.63, 3.8) is 0 Å². The third-order valence-electron chi connectivity index (χ3n) is 3.39. The number of unbranched alkanes of at least 4 members (excludes halogenated alkanes) is 5. The van der Waals surface area contributed by atoms with Gasteiger partial charge >= 0.3 is 11.9 Å². The lowest BCUT2D eigenvalue weighted by molar-refractivity contribution is -0.143. The summed E-state index contributed by atoms with van der Waals surface area (Å²) in [5, 5.41) is 0. The van der Waals surface area contributed by atoms with E-state index in [1.165, 1.54) is 12.2 Å². The van der Waals surface area contributed by atoms with Gasteiger partial charge in [-0.3, -0.25) is 0 Å². The van der Waals surface area contributed by atoms with E-state index in [0.29, 0.717) is 6.61 Å². The molecule has 0 aromatic carbocycles. The molecule has 0 aromatic heterocycles. The Hall–Kier alpha value is -1.58. The molecule has 0 rings (SSSR count). The standard InChI is InChI=1S/C18H30O4/c1-4-13-16(22-18(20)6-3)14-11-9-7-8-10-12-15-21-17(19)5-2/h5-6,16H,2-4,7-15H2,1H3. The third-order valence-corrected chi connectivity index (χ3v) is 3.39. The molecular weight excluding hydrogens is 280 g/mol. The second kappa shape index (κ2) is 14.4. The van der Waals surface area contributed by atoms with Crippen LogP contribution in [-0.4, -0.2) is 24.6 Å². The lowest BCUT2D eigenvalue weighted by Crippen LogP contribution is -2.16. The van der Waals surface area contributed by atoms with E-state index in [4.69, 9.17) is 9.47 Å². The third kappa shape index (κ3) is 12.2. The van der Waals surface area contributed by atoms with Crippen LogP contribution in [-0.2, 0) is 19.1 Å². The fourth-order valence-corrected chi connectivity index (χ4v) is 2.21. The van der Waals surface area contributed by atoms with Crippen LogP contribution in [0.1, 0.15) is 64.7 Å². The molecule has 1 atom stereocenters. The van der Waals surface area contributed by atoms with Gasteiger partial charge in [-0.15, -0.1) is 0 Å². The molecule has 0 radical (unpaired) electrons. The van der Waals surface area contributed by atoms with Crippen molar-refractivity contribution in [3.8, 4) is 0 Å². The Bertz CT molecular complexity index is 336. The van der Waals surface area contributed by atoms with Crippen molar-refractivity contribution in [3.05, 3.63) is 25.3 Å². The van der Waals surface area contributed by atoms with E-state index in [1.54, 1.807) is 0 Å². The molecule has 0 aromatic rings. The lowest BCUT2D eigenvalue weighted by atomic mass is 10.0. The molecule has 0 saturated heterocycles. The molecule has 22 heavy (non-hydrogen) atoms. The highest BCUT2D eigenvalue weighted by molar-refractivity contribution is 5.81. The first-order valence-electron chi connectivity index (χ1n) is 8.26. The predicted octanol–water partition coefficient (Wildman–Crippen LogP) is 4.34. The summed E-state index contributed by atoms with van der Waals surface area (Å²) in [5.74, 6) is -0.677. The van der Waals surface area contributed by atoms with Crippen LogP contribution in [0.25, 0.3) is 0 Å². The van der Waals surface area contributed by atoms with E-state index in [-0.39, 0.29) is 18.0 Å². The molecule has 4 heteroatoms. The number of hydrogen-bond acceptors (Lipinski definition) is 4. The minimum atomic E-state index is -0.351. The smallest absolute Gasteiger partial charge is 0.330 e. The van der Waals surface area contributed by atoms with E-state index in [9.17, 15) is 9.59 Å². The summed E-state index contributed by atoms with van der Waals surface area (Å²) in [6.45, 7) is 9.34. The summed E-state index contributed by atoms with van der Waals surface area (Å²) in [4.78, 5) is 22.0. The number of ether oxygens (including phenoxy) is 2. The summed E-state index contributed by atoms with van der Waals surface area (Å²) in [6.07, 6.45) is 11.7. The molecule has 0 heterocycles. The van der Waals surface area contributed by atoms with Crippen molar-refractivity contribution in [1.82, 2.24) is 0 Å². The fourth-order valence-electron chi connectivity index (χ4n) is 2.21. The van der Waals surface area contributed by atoms with Crippen LogP contribution in [0.4, 0.5) is 0 Å². The van der Waals surface area contributed by atoms with Gasteiger partial charge in [0.2, 0.25) is 0 Å². The lowest BCUT2D eigenvalue weighted by Gasteiger charge is -2.16. The zero-order chi connectivity index (χ0) is 16.6. The van der Waals surface area contributed by atoms with Gasteiger partial charge in [0.15, 0.2) is 0 Å². The number of rotatable bonds is 14. The Balaban J connectivity index is 3.52. The summed E-state index contributed by atoms with van der Waals surface area (Å²) < 4.78 is 10.2. The highest BCUT2D eigenvalue weighted by Crippen LogP contribution is 2.14. The van der Waals surface area contributed by atoms with Crippen LogP contribution in [0.15, 0.2) is 25.3 Å². The molecule has 0 aliphatic heterocycles. The molecule has 0 amide bonds. The number of hydrogen-bond donors (Lipinski definition) is 0. The number of carbonyl (C=O) groups excluding carboxylic acids is 2. The predicted molar refractivity (Wildman–Crippen MR) is 88.5 cm³/mol. The summed E-state index contributed by atoms with van der Waals surface area (Å²) >= 11 is 0. The second-order valence-electron chi connectivity index (χ2n) is 5.33. The first kappa shape index (κ1) is 20.4. The number of carbonyl (C=O) groups is 2. The first-order valence-corrected chi connectivity index (χ1v) is 8.26. The van der Waals surface area contributed by atoms with E-state index >= 15 is 0 Å². The first-order chi connectivity index (χ1) is 10.6. The SMILES string of the molecule is C=CC(=O)OCCCCCCCCC(CCC)OC(=O)C=C. The monoisotopic (exact) mass is 310 g/mol. The van der Waals surface area contributed by atoms with Crippen molar-refractivity contribution in [2.45, 2.75) is 70.8 Å². The molecule has 4 nitrogen and oxygen atoms in total.